The lowest BCUT2D eigenvalue weighted by molar-refractivity contribution is 0.0604. The first kappa shape index (κ1) is 17.7. The highest BCUT2D eigenvalue weighted by Gasteiger charge is 2.30. The summed E-state index contributed by atoms with van der Waals surface area (Å²) in [5.74, 6) is 0.862. The molecule has 1 fully saturated rings. The van der Waals surface area contributed by atoms with Crippen LogP contribution >= 0.6 is 0 Å². The van der Waals surface area contributed by atoms with Gasteiger partial charge in [0.15, 0.2) is 0 Å². The Balaban J connectivity index is 1.92. The monoisotopic (exact) mass is 316 g/mol. The van der Waals surface area contributed by atoms with Crippen LogP contribution in [0.25, 0.3) is 0 Å². The first-order valence-electron chi connectivity index (χ1n) is 8.41. The molecule has 1 amide bonds. The zero-order chi connectivity index (χ0) is 16.9. The Morgan fingerprint density at radius 2 is 2.00 bits per heavy atom. The predicted octanol–water partition coefficient (Wildman–Crippen LogP) is 4.15. The quantitative estimate of drug-likeness (QED) is 0.784. The van der Waals surface area contributed by atoms with Crippen LogP contribution in [0.5, 0.6) is 0 Å². The Hall–Kier alpha value is -1.68. The third-order valence-electron chi connectivity index (χ3n) is 4.11. The molecule has 4 nitrogen and oxygen atoms in total. The fraction of sp³-hybridized carbons (Fsp3) is 0.579. The standard InChI is InChI=1S/C19H28N2O2/c1-5-16-13-21(12-15-9-7-6-8-10-15)14-17(16)11-20-18(22)23-19(2,3)4/h6-11,16-17H,5,12-14H2,1-4H3/t16-,17?/m1/s1. The predicted molar refractivity (Wildman–Crippen MR) is 93.7 cm³/mol. The molecule has 2 atom stereocenters. The molecule has 0 radical (unpaired) electrons. The molecule has 1 aromatic carbocycles. The molecule has 23 heavy (non-hydrogen) atoms. The summed E-state index contributed by atoms with van der Waals surface area (Å²) in [5, 5.41) is 0. The number of amides is 1. The van der Waals surface area contributed by atoms with Crippen molar-refractivity contribution < 1.29 is 9.53 Å². The van der Waals surface area contributed by atoms with E-state index in [2.05, 4.69) is 41.1 Å². The van der Waals surface area contributed by atoms with Crippen molar-refractivity contribution in [1.29, 1.82) is 0 Å². The van der Waals surface area contributed by atoms with Crippen LogP contribution in [-0.2, 0) is 11.3 Å². The molecule has 1 saturated heterocycles. The molecule has 1 aliphatic rings. The molecule has 0 aromatic heterocycles. The maximum Gasteiger partial charge on any atom is 0.433 e. The molecular formula is C19H28N2O2. The normalized spacial score (nSPS) is 22.6. The maximum absolute atomic E-state index is 11.7. The second kappa shape index (κ2) is 7.73. The lowest BCUT2D eigenvalue weighted by Gasteiger charge is -2.17. The van der Waals surface area contributed by atoms with Gasteiger partial charge in [0.25, 0.3) is 0 Å². The Bertz CT molecular complexity index is 534. The van der Waals surface area contributed by atoms with Crippen LogP contribution in [0, 0.1) is 11.8 Å². The van der Waals surface area contributed by atoms with Crippen LogP contribution in [-0.4, -0.2) is 35.9 Å². The van der Waals surface area contributed by atoms with E-state index in [9.17, 15) is 4.79 Å². The molecule has 0 N–H and O–H groups in total. The second-order valence-electron chi connectivity index (χ2n) is 7.27. The number of nitrogens with zero attached hydrogens (tertiary/aromatic N) is 2. The minimum atomic E-state index is -0.492. The van der Waals surface area contributed by atoms with Crippen molar-refractivity contribution in [2.24, 2.45) is 16.8 Å². The van der Waals surface area contributed by atoms with Crippen molar-refractivity contribution in [2.45, 2.75) is 46.3 Å². The fourth-order valence-corrected chi connectivity index (χ4v) is 3.01. The van der Waals surface area contributed by atoms with E-state index in [-0.39, 0.29) is 0 Å². The number of likely N-dealkylation sites (tertiary alicyclic amines) is 1. The number of rotatable bonds is 4. The van der Waals surface area contributed by atoms with Gasteiger partial charge in [0.2, 0.25) is 0 Å². The first-order chi connectivity index (χ1) is 10.9. The van der Waals surface area contributed by atoms with Gasteiger partial charge in [0.1, 0.15) is 5.60 Å². The van der Waals surface area contributed by atoms with E-state index >= 15 is 0 Å². The van der Waals surface area contributed by atoms with E-state index in [1.807, 2.05) is 26.8 Å². The summed E-state index contributed by atoms with van der Waals surface area (Å²) in [6, 6.07) is 10.5. The third-order valence-corrected chi connectivity index (χ3v) is 4.11. The van der Waals surface area contributed by atoms with E-state index in [4.69, 9.17) is 4.74 Å². The molecule has 1 aliphatic heterocycles. The molecule has 126 valence electrons. The van der Waals surface area contributed by atoms with Gasteiger partial charge in [0, 0.05) is 31.8 Å². The maximum atomic E-state index is 11.7. The van der Waals surface area contributed by atoms with Gasteiger partial charge in [-0.15, -0.1) is 0 Å². The highest BCUT2D eigenvalue weighted by molar-refractivity contribution is 5.80. The lowest BCUT2D eigenvalue weighted by atomic mass is 9.95. The van der Waals surface area contributed by atoms with Crippen LogP contribution in [0.15, 0.2) is 35.3 Å². The Morgan fingerprint density at radius 3 is 2.61 bits per heavy atom. The van der Waals surface area contributed by atoms with E-state index in [1.54, 1.807) is 6.21 Å². The van der Waals surface area contributed by atoms with Gasteiger partial charge >= 0.3 is 6.09 Å². The molecule has 2 rings (SSSR count). The topological polar surface area (TPSA) is 41.9 Å². The summed E-state index contributed by atoms with van der Waals surface area (Å²) < 4.78 is 5.24. The van der Waals surface area contributed by atoms with Crippen LogP contribution in [0.4, 0.5) is 4.79 Å². The zero-order valence-corrected chi connectivity index (χ0v) is 14.7. The first-order valence-corrected chi connectivity index (χ1v) is 8.41. The van der Waals surface area contributed by atoms with E-state index in [1.165, 1.54) is 5.56 Å². The number of carbonyl (C=O) groups is 1. The van der Waals surface area contributed by atoms with Crippen molar-refractivity contribution in [3.8, 4) is 0 Å². The smallest absolute Gasteiger partial charge is 0.433 e. The Kier molecular flexibility index (Phi) is 5.94. The van der Waals surface area contributed by atoms with Crippen LogP contribution in [0.2, 0.25) is 0 Å². The van der Waals surface area contributed by atoms with E-state index in [0.717, 1.165) is 26.1 Å². The average molecular weight is 316 g/mol. The molecule has 1 unspecified atom stereocenters. The molecular weight excluding hydrogens is 288 g/mol. The fourth-order valence-electron chi connectivity index (χ4n) is 3.01. The number of ether oxygens (including phenoxy) is 1. The van der Waals surface area contributed by atoms with Gasteiger partial charge in [-0.2, -0.15) is 4.99 Å². The molecule has 0 spiro atoms. The van der Waals surface area contributed by atoms with Gasteiger partial charge in [-0.05, 0) is 32.3 Å². The van der Waals surface area contributed by atoms with E-state index in [0.29, 0.717) is 11.8 Å². The molecule has 1 heterocycles. The van der Waals surface area contributed by atoms with Crippen molar-refractivity contribution in [3.05, 3.63) is 35.9 Å². The highest BCUT2D eigenvalue weighted by atomic mass is 16.6. The summed E-state index contributed by atoms with van der Waals surface area (Å²) in [7, 11) is 0. The SMILES string of the molecule is CC[C@@H]1CN(Cc2ccccc2)CC1C=NC(=O)OC(C)(C)C. The van der Waals surface area contributed by atoms with E-state index < -0.39 is 11.7 Å². The average Bonchev–Trinajstić information content (AvgIpc) is 2.86. The number of hydrogen-bond acceptors (Lipinski definition) is 3. The Labute approximate surface area is 139 Å². The minimum Gasteiger partial charge on any atom is -0.442 e. The largest absolute Gasteiger partial charge is 0.442 e. The highest BCUT2D eigenvalue weighted by Crippen LogP contribution is 2.26. The van der Waals surface area contributed by atoms with Gasteiger partial charge in [-0.25, -0.2) is 4.79 Å². The summed E-state index contributed by atoms with van der Waals surface area (Å²) in [6.07, 6.45) is 2.40. The molecule has 0 aliphatic carbocycles. The molecule has 0 bridgehead atoms. The summed E-state index contributed by atoms with van der Waals surface area (Å²) in [4.78, 5) is 18.2. The summed E-state index contributed by atoms with van der Waals surface area (Å²) in [6.45, 7) is 10.7. The van der Waals surface area contributed by atoms with Crippen molar-refractivity contribution >= 4 is 12.3 Å². The number of carbonyl (C=O) groups excluding carboxylic acids is 1. The van der Waals surface area contributed by atoms with Crippen LogP contribution < -0.4 is 0 Å². The van der Waals surface area contributed by atoms with Crippen LogP contribution in [0.1, 0.15) is 39.7 Å². The van der Waals surface area contributed by atoms with Gasteiger partial charge in [-0.1, -0.05) is 43.7 Å². The number of hydrogen-bond donors (Lipinski definition) is 0. The van der Waals surface area contributed by atoms with Gasteiger partial charge < -0.3 is 4.74 Å². The molecule has 4 heteroatoms. The van der Waals surface area contributed by atoms with Gasteiger partial charge in [0.05, 0.1) is 0 Å². The lowest BCUT2D eigenvalue weighted by Crippen LogP contribution is -2.23. The Morgan fingerprint density at radius 1 is 1.30 bits per heavy atom. The summed E-state index contributed by atoms with van der Waals surface area (Å²) in [5.41, 5.74) is 0.834. The van der Waals surface area contributed by atoms with Crippen molar-refractivity contribution in [3.63, 3.8) is 0 Å². The minimum absolute atomic E-state index is 0.316. The summed E-state index contributed by atoms with van der Waals surface area (Å²) >= 11 is 0. The molecule has 1 aromatic rings. The van der Waals surface area contributed by atoms with Crippen molar-refractivity contribution in [2.75, 3.05) is 13.1 Å². The zero-order valence-electron chi connectivity index (χ0n) is 14.7. The number of benzene rings is 1. The van der Waals surface area contributed by atoms with Gasteiger partial charge in [-0.3, -0.25) is 4.90 Å². The second-order valence-corrected chi connectivity index (χ2v) is 7.27. The van der Waals surface area contributed by atoms with Crippen molar-refractivity contribution in [1.82, 2.24) is 4.90 Å². The number of aliphatic imine (C=N–C) groups is 1. The molecule has 0 saturated carbocycles. The third kappa shape index (κ3) is 5.79. The van der Waals surface area contributed by atoms with Crippen LogP contribution in [0.3, 0.4) is 0 Å².